The maximum atomic E-state index is 14.2. The highest BCUT2D eigenvalue weighted by Gasteiger charge is 2.18. The van der Waals surface area contributed by atoms with Crippen molar-refractivity contribution in [2.24, 2.45) is 5.73 Å². The molecule has 0 unspecified atom stereocenters. The van der Waals surface area contributed by atoms with Crippen molar-refractivity contribution in [3.05, 3.63) is 65.5 Å². The number of hydrogen-bond donors (Lipinski definition) is 4. The van der Waals surface area contributed by atoms with E-state index in [9.17, 15) is 9.18 Å². The molecule has 1 heterocycles. The lowest BCUT2D eigenvalue weighted by Gasteiger charge is -2.14. The number of amidine groups is 1. The molecule has 0 spiro atoms. The largest absolute Gasteiger partial charge is 0.494 e. The van der Waals surface area contributed by atoms with Crippen molar-refractivity contribution in [1.82, 2.24) is 4.98 Å². The first-order chi connectivity index (χ1) is 13.3. The molecule has 0 aliphatic rings. The first-order valence-electron chi connectivity index (χ1n) is 8.14. The van der Waals surface area contributed by atoms with Gasteiger partial charge in [-0.05, 0) is 36.4 Å². The van der Waals surface area contributed by atoms with Crippen molar-refractivity contribution >= 4 is 17.5 Å². The summed E-state index contributed by atoms with van der Waals surface area (Å²) in [5.41, 5.74) is 14.0. The molecule has 0 atom stereocenters. The van der Waals surface area contributed by atoms with Gasteiger partial charge >= 0.3 is 5.97 Å². The fourth-order valence-corrected chi connectivity index (χ4v) is 2.80. The summed E-state index contributed by atoms with van der Waals surface area (Å²) in [6.45, 7) is 0. The number of methoxy groups -OCH3 is 1. The fraction of sp³-hybridized carbons (Fsp3) is 0.0500. The van der Waals surface area contributed by atoms with Crippen LogP contribution >= 0.6 is 0 Å². The van der Waals surface area contributed by atoms with E-state index in [4.69, 9.17) is 26.7 Å². The van der Waals surface area contributed by atoms with Gasteiger partial charge in [0.15, 0.2) is 11.6 Å². The van der Waals surface area contributed by atoms with E-state index in [2.05, 4.69) is 4.98 Å². The summed E-state index contributed by atoms with van der Waals surface area (Å²) in [7, 11) is 1.36. The van der Waals surface area contributed by atoms with Gasteiger partial charge in [-0.3, -0.25) is 5.41 Å². The Morgan fingerprint density at radius 2 is 1.79 bits per heavy atom. The van der Waals surface area contributed by atoms with Crippen LogP contribution in [0.2, 0.25) is 0 Å². The molecule has 6 N–H and O–H groups in total. The second-order valence-electron chi connectivity index (χ2n) is 5.97. The number of carboxylic acid groups (broad SMARTS) is 1. The number of ether oxygens (including phenoxy) is 1. The summed E-state index contributed by atoms with van der Waals surface area (Å²) in [6.07, 6.45) is 0. The summed E-state index contributed by atoms with van der Waals surface area (Å²) in [6, 6.07) is 11.9. The van der Waals surface area contributed by atoms with E-state index in [1.165, 1.54) is 37.4 Å². The normalized spacial score (nSPS) is 10.5. The Morgan fingerprint density at radius 1 is 1.14 bits per heavy atom. The quantitative estimate of drug-likeness (QED) is 0.397. The molecule has 7 nitrogen and oxygen atoms in total. The smallest absolute Gasteiger partial charge is 0.335 e. The highest BCUT2D eigenvalue weighted by molar-refractivity contribution is 6.06. The van der Waals surface area contributed by atoms with Crippen LogP contribution in [0.4, 0.5) is 10.1 Å². The molecule has 3 rings (SSSR count). The van der Waals surface area contributed by atoms with Gasteiger partial charge in [0.05, 0.1) is 29.6 Å². The molecule has 0 bridgehead atoms. The molecule has 1 aromatic heterocycles. The molecule has 0 saturated carbocycles. The standard InChI is InChI=1S/C20H17FN4O3/c1-28-16-7-6-12(8-13(16)21)18-17(19(23)24)14(22)9-15(25-18)10-2-4-11(5-3-10)20(26)27/h2-9H,1H3,(H2,22,25)(H3,23,24)(H,26,27). The molecule has 3 aromatic rings. The Hall–Kier alpha value is -3.94. The van der Waals surface area contributed by atoms with E-state index in [0.717, 1.165) is 0 Å². The highest BCUT2D eigenvalue weighted by Crippen LogP contribution is 2.32. The fourth-order valence-electron chi connectivity index (χ4n) is 2.80. The third kappa shape index (κ3) is 3.48. The highest BCUT2D eigenvalue weighted by atomic mass is 19.1. The van der Waals surface area contributed by atoms with Crippen molar-refractivity contribution in [3.63, 3.8) is 0 Å². The molecule has 28 heavy (non-hydrogen) atoms. The van der Waals surface area contributed by atoms with Crippen molar-refractivity contribution in [2.45, 2.75) is 0 Å². The van der Waals surface area contributed by atoms with E-state index < -0.39 is 11.8 Å². The van der Waals surface area contributed by atoms with Gasteiger partial charge in [-0.15, -0.1) is 0 Å². The molecule has 8 heteroatoms. The minimum Gasteiger partial charge on any atom is -0.494 e. The average Bonchev–Trinajstić information content (AvgIpc) is 2.67. The Balaban J connectivity index is 2.19. The van der Waals surface area contributed by atoms with Gasteiger partial charge in [-0.1, -0.05) is 12.1 Å². The number of anilines is 1. The van der Waals surface area contributed by atoms with Crippen LogP contribution < -0.4 is 16.2 Å². The summed E-state index contributed by atoms with van der Waals surface area (Å²) in [5.74, 6) is -1.86. The molecular formula is C20H17FN4O3. The van der Waals surface area contributed by atoms with Crippen LogP contribution in [0.1, 0.15) is 15.9 Å². The van der Waals surface area contributed by atoms with Gasteiger partial charge < -0.3 is 21.3 Å². The van der Waals surface area contributed by atoms with E-state index in [-0.39, 0.29) is 34.1 Å². The number of hydrogen-bond acceptors (Lipinski definition) is 5. The predicted molar refractivity (Wildman–Crippen MR) is 104 cm³/mol. The second-order valence-corrected chi connectivity index (χ2v) is 5.97. The number of carboxylic acids is 1. The van der Waals surface area contributed by atoms with E-state index in [1.54, 1.807) is 18.2 Å². The second kappa shape index (κ2) is 7.36. The van der Waals surface area contributed by atoms with Gasteiger partial charge in [0.25, 0.3) is 0 Å². The maximum absolute atomic E-state index is 14.2. The van der Waals surface area contributed by atoms with Gasteiger partial charge in [0.1, 0.15) is 5.84 Å². The number of aromatic carboxylic acids is 1. The zero-order valence-corrected chi connectivity index (χ0v) is 14.9. The van der Waals surface area contributed by atoms with Crippen molar-refractivity contribution in [1.29, 1.82) is 5.41 Å². The summed E-state index contributed by atoms with van der Waals surface area (Å²) in [5, 5.41) is 16.9. The average molecular weight is 380 g/mol. The molecule has 2 aromatic carbocycles. The zero-order valence-electron chi connectivity index (χ0n) is 14.9. The molecule has 0 fully saturated rings. The SMILES string of the molecule is COc1ccc(-c2nc(-c3ccc(C(=O)O)cc3)cc(N)c2C(=N)N)cc1F. The van der Waals surface area contributed by atoms with Gasteiger partial charge in [-0.25, -0.2) is 14.2 Å². The van der Waals surface area contributed by atoms with Gasteiger partial charge in [0, 0.05) is 16.8 Å². The van der Waals surface area contributed by atoms with E-state index in [0.29, 0.717) is 16.8 Å². The number of nitrogen functional groups attached to an aromatic ring is 2. The monoisotopic (exact) mass is 380 g/mol. The Kier molecular flexibility index (Phi) is 4.95. The lowest BCUT2D eigenvalue weighted by Crippen LogP contribution is -2.16. The minimum absolute atomic E-state index is 0.0708. The van der Waals surface area contributed by atoms with Crippen LogP contribution in [-0.2, 0) is 0 Å². The molecular weight excluding hydrogens is 363 g/mol. The van der Waals surface area contributed by atoms with Crippen molar-refractivity contribution in [2.75, 3.05) is 12.8 Å². The number of aromatic nitrogens is 1. The molecule has 0 aliphatic heterocycles. The molecule has 0 radical (unpaired) electrons. The van der Waals surface area contributed by atoms with Crippen LogP contribution in [0.3, 0.4) is 0 Å². The lowest BCUT2D eigenvalue weighted by atomic mass is 10.00. The van der Waals surface area contributed by atoms with E-state index in [1.807, 2.05) is 0 Å². The van der Waals surface area contributed by atoms with Crippen LogP contribution in [-0.4, -0.2) is 29.0 Å². The van der Waals surface area contributed by atoms with Crippen molar-refractivity contribution < 1.29 is 19.0 Å². The summed E-state index contributed by atoms with van der Waals surface area (Å²) in [4.78, 5) is 15.5. The topological polar surface area (TPSA) is 135 Å². The van der Waals surface area contributed by atoms with Crippen LogP contribution in [0, 0.1) is 11.2 Å². The number of carbonyl (C=O) groups is 1. The molecule has 142 valence electrons. The lowest BCUT2D eigenvalue weighted by molar-refractivity contribution is 0.0697. The number of nitrogens with one attached hydrogen (secondary N) is 1. The van der Waals surface area contributed by atoms with Crippen LogP contribution in [0.15, 0.2) is 48.5 Å². The third-order valence-corrected chi connectivity index (χ3v) is 4.17. The zero-order chi connectivity index (χ0) is 20.4. The Morgan fingerprint density at radius 3 is 2.32 bits per heavy atom. The third-order valence-electron chi connectivity index (χ3n) is 4.17. The summed E-state index contributed by atoms with van der Waals surface area (Å²) >= 11 is 0. The van der Waals surface area contributed by atoms with Crippen LogP contribution in [0.5, 0.6) is 5.75 Å². The number of rotatable bonds is 5. The number of benzene rings is 2. The van der Waals surface area contributed by atoms with E-state index >= 15 is 0 Å². The van der Waals surface area contributed by atoms with Gasteiger partial charge in [0.2, 0.25) is 0 Å². The number of pyridine rings is 1. The predicted octanol–water partition coefficient (Wildman–Crippen LogP) is 3.13. The van der Waals surface area contributed by atoms with Crippen LogP contribution in [0.25, 0.3) is 22.5 Å². The number of halogens is 1. The molecule has 0 saturated heterocycles. The first kappa shape index (κ1) is 18.8. The number of nitrogens with zero attached hydrogens (tertiary/aromatic N) is 1. The summed E-state index contributed by atoms with van der Waals surface area (Å²) < 4.78 is 19.1. The molecule has 0 aliphatic carbocycles. The van der Waals surface area contributed by atoms with Crippen molar-refractivity contribution in [3.8, 4) is 28.3 Å². The minimum atomic E-state index is -1.04. The first-order valence-corrected chi connectivity index (χ1v) is 8.14. The molecule has 0 amide bonds. The van der Waals surface area contributed by atoms with Gasteiger partial charge in [-0.2, -0.15) is 0 Å². The maximum Gasteiger partial charge on any atom is 0.335 e. The Labute approximate surface area is 159 Å². The Bertz CT molecular complexity index is 1080. The number of nitrogens with two attached hydrogens (primary N) is 2.